The first kappa shape index (κ1) is 15.0. The second kappa shape index (κ2) is 5.38. The third-order valence-electron chi connectivity index (χ3n) is 1.58. The monoisotopic (exact) mass is 261 g/mol. The van der Waals surface area contributed by atoms with Gasteiger partial charge >= 0.3 is 17.1 Å². The van der Waals surface area contributed by atoms with Gasteiger partial charge in [0.1, 0.15) is 0 Å². The molecule has 16 heavy (non-hydrogen) atoms. The van der Waals surface area contributed by atoms with Crippen molar-refractivity contribution in [2.45, 2.75) is 31.4 Å². The Balaban J connectivity index is 5.04. The van der Waals surface area contributed by atoms with E-state index in [1.54, 1.807) is 0 Å². The summed E-state index contributed by atoms with van der Waals surface area (Å²) in [6, 6.07) is 0. The number of carbonyl (C=O) groups excluding carboxylic acids is 2. The van der Waals surface area contributed by atoms with E-state index in [1.165, 1.54) is 19.2 Å². The fourth-order valence-corrected chi connectivity index (χ4v) is 0.909. The Morgan fingerprint density at radius 1 is 1.31 bits per heavy atom. The molecule has 8 heteroatoms. The highest BCUT2D eigenvalue weighted by atomic mass is 35.5. The van der Waals surface area contributed by atoms with Crippen LogP contribution in [0.5, 0.6) is 0 Å². The summed E-state index contributed by atoms with van der Waals surface area (Å²) in [7, 11) is 0. The maximum absolute atomic E-state index is 12.5. The normalized spacial score (nSPS) is 15.1. The second-order valence-corrected chi connectivity index (χ2v) is 3.35. The quantitative estimate of drug-likeness (QED) is 0.475. The molecule has 1 atom stereocenters. The van der Waals surface area contributed by atoms with E-state index in [0.717, 1.165) is 0 Å². The standard InChI is InChI=1S/C8H11ClF3NO3/c1-3-5(14)13-7(9,8(10,11)12)6(15)16-4-2/h3-4H2,1-2H3,(H,13,14). The van der Waals surface area contributed by atoms with Crippen LogP contribution in [-0.4, -0.2) is 29.7 Å². The van der Waals surface area contributed by atoms with Crippen LogP contribution in [0.25, 0.3) is 0 Å². The van der Waals surface area contributed by atoms with Gasteiger partial charge in [0.2, 0.25) is 5.91 Å². The molecule has 1 unspecified atom stereocenters. The molecule has 1 amide bonds. The van der Waals surface area contributed by atoms with Crippen LogP contribution < -0.4 is 5.32 Å². The van der Waals surface area contributed by atoms with Gasteiger partial charge in [-0.25, -0.2) is 4.79 Å². The molecule has 0 spiro atoms. The van der Waals surface area contributed by atoms with Gasteiger partial charge in [-0.05, 0) is 6.92 Å². The summed E-state index contributed by atoms with van der Waals surface area (Å²) < 4.78 is 41.8. The van der Waals surface area contributed by atoms with E-state index < -0.39 is 23.1 Å². The predicted molar refractivity (Wildman–Crippen MR) is 49.7 cm³/mol. The average molecular weight is 262 g/mol. The van der Waals surface area contributed by atoms with Crippen LogP contribution in [-0.2, 0) is 14.3 Å². The van der Waals surface area contributed by atoms with Crippen molar-refractivity contribution in [3.05, 3.63) is 0 Å². The van der Waals surface area contributed by atoms with E-state index >= 15 is 0 Å². The number of rotatable bonds is 4. The van der Waals surface area contributed by atoms with E-state index in [2.05, 4.69) is 4.74 Å². The van der Waals surface area contributed by atoms with Crippen LogP contribution in [0.15, 0.2) is 0 Å². The maximum atomic E-state index is 12.5. The molecule has 0 saturated heterocycles. The van der Waals surface area contributed by atoms with Gasteiger partial charge in [0.05, 0.1) is 6.61 Å². The van der Waals surface area contributed by atoms with Gasteiger partial charge in [0.15, 0.2) is 0 Å². The minimum Gasteiger partial charge on any atom is -0.463 e. The van der Waals surface area contributed by atoms with Crippen molar-refractivity contribution in [1.29, 1.82) is 0 Å². The molecule has 0 fully saturated rings. The summed E-state index contributed by atoms with van der Waals surface area (Å²) in [5.74, 6) is -2.74. The largest absolute Gasteiger partial charge is 0.463 e. The lowest BCUT2D eigenvalue weighted by molar-refractivity contribution is -0.195. The van der Waals surface area contributed by atoms with Gasteiger partial charge in [-0.15, -0.1) is 0 Å². The van der Waals surface area contributed by atoms with Crippen molar-refractivity contribution in [3.8, 4) is 0 Å². The van der Waals surface area contributed by atoms with E-state index in [1.807, 2.05) is 0 Å². The summed E-state index contributed by atoms with van der Waals surface area (Å²) in [6.07, 6.45) is -5.37. The van der Waals surface area contributed by atoms with Crippen molar-refractivity contribution in [3.63, 3.8) is 0 Å². The molecule has 0 saturated carbocycles. The Hall–Kier alpha value is -0.980. The Morgan fingerprint density at radius 2 is 1.81 bits per heavy atom. The average Bonchev–Trinajstić information content (AvgIpc) is 2.16. The molecule has 0 aliphatic carbocycles. The molecule has 0 bridgehead atoms. The first-order chi connectivity index (χ1) is 7.19. The minimum absolute atomic E-state index is 0.232. The molecule has 0 aromatic rings. The number of hydrogen-bond donors (Lipinski definition) is 1. The molecular formula is C8H11ClF3NO3. The van der Waals surface area contributed by atoms with Crippen molar-refractivity contribution < 1.29 is 27.5 Å². The SMILES string of the molecule is CCOC(=O)C(Cl)(NC(=O)CC)C(F)(F)F. The number of ether oxygens (including phenoxy) is 1. The Kier molecular flexibility index (Phi) is 5.05. The number of carbonyl (C=O) groups is 2. The van der Waals surface area contributed by atoms with E-state index in [-0.39, 0.29) is 13.0 Å². The summed E-state index contributed by atoms with van der Waals surface area (Å²) in [6.45, 7) is 2.38. The zero-order chi connectivity index (χ0) is 13.0. The van der Waals surface area contributed by atoms with Crippen LogP contribution in [0.2, 0.25) is 0 Å². The van der Waals surface area contributed by atoms with Crippen molar-refractivity contribution in [2.24, 2.45) is 0 Å². The van der Waals surface area contributed by atoms with Crippen LogP contribution in [0, 0.1) is 0 Å². The minimum atomic E-state index is -5.13. The van der Waals surface area contributed by atoms with Crippen LogP contribution in [0.3, 0.4) is 0 Å². The first-order valence-electron chi connectivity index (χ1n) is 4.42. The lowest BCUT2D eigenvalue weighted by Gasteiger charge is -2.27. The number of halogens is 4. The Labute approximate surface area is 95.1 Å². The summed E-state index contributed by atoms with van der Waals surface area (Å²) in [4.78, 5) is 18.4. The molecule has 0 radical (unpaired) electrons. The number of alkyl halides is 4. The van der Waals surface area contributed by atoms with Gasteiger partial charge in [-0.1, -0.05) is 18.5 Å². The van der Waals surface area contributed by atoms with E-state index in [0.29, 0.717) is 0 Å². The van der Waals surface area contributed by atoms with Gasteiger partial charge in [0, 0.05) is 6.42 Å². The van der Waals surface area contributed by atoms with E-state index in [4.69, 9.17) is 11.6 Å². The van der Waals surface area contributed by atoms with Gasteiger partial charge < -0.3 is 10.1 Å². The summed E-state index contributed by atoms with van der Waals surface area (Å²) in [5.41, 5.74) is 0. The highest BCUT2D eigenvalue weighted by Gasteiger charge is 2.62. The summed E-state index contributed by atoms with van der Waals surface area (Å²) in [5, 5.41) is 1.39. The third kappa shape index (κ3) is 3.26. The molecule has 0 aromatic carbocycles. The summed E-state index contributed by atoms with van der Waals surface area (Å²) >= 11 is 5.09. The maximum Gasteiger partial charge on any atom is 0.437 e. The Bertz CT molecular complexity index is 282. The molecular weight excluding hydrogens is 251 g/mol. The van der Waals surface area contributed by atoms with Crippen LogP contribution in [0.4, 0.5) is 13.2 Å². The van der Waals surface area contributed by atoms with Crippen molar-refractivity contribution in [2.75, 3.05) is 6.61 Å². The number of hydrogen-bond acceptors (Lipinski definition) is 3. The number of amides is 1. The molecule has 0 aromatic heterocycles. The van der Waals surface area contributed by atoms with Gasteiger partial charge in [0.25, 0.3) is 0 Å². The van der Waals surface area contributed by atoms with Gasteiger partial charge in [-0.2, -0.15) is 13.2 Å². The van der Waals surface area contributed by atoms with Crippen molar-refractivity contribution in [1.82, 2.24) is 5.32 Å². The number of esters is 1. The van der Waals surface area contributed by atoms with Crippen LogP contribution >= 0.6 is 11.6 Å². The zero-order valence-corrected chi connectivity index (χ0v) is 9.41. The lowest BCUT2D eigenvalue weighted by atomic mass is 10.2. The fraction of sp³-hybridized carbons (Fsp3) is 0.750. The van der Waals surface area contributed by atoms with E-state index in [9.17, 15) is 22.8 Å². The fourth-order valence-electron chi connectivity index (χ4n) is 0.749. The van der Waals surface area contributed by atoms with Crippen molar-refractivity contribution >= 4 is 23.5 Å². The third-order valence-corrected chi connectivity index (χ3v) is 2.04. The Morgan fingerprint density at radius 3 is 2.12 bits per heavy atom. The molecule has 0 heterocycles. The molecule has 4 nitrogen and oxygen atoms in total. The number of nitrogens with one attached hydrogen (secondary N) is 1. The molecule has 0 aliphatic rings. The highest BCUT2D eigenvalue weighted by Crippen LogP contribution is 2.35. The molecule has 0 rings (SSSR count). The molecule has 0 aliphatic heterocycles. The van der Waals surface area contributed by atoms with Crippen LogP contribution in [0.1, 0.15) is 20.3 Å². The topological polar surface area (TPSA) is 55.4 Å². The van der Waals surface area contributed by atoms with Gasteiger partial charge in [-0.3, -0.25) is 4.79 Å². The molecule has 94 valence electrons. The highest BCUT2D eigenvalue weighted by molar-refractivity contribution is 6.35. The second-order valence-electron chi connectivity index (χ2n) is 2.78. The lowest BCUT2D eigenvalue weighted by Crippen LogP contribution is -2.60. The smallest absolute Gasteiger partial charge is 0.437 e. The first-order valence-corrected chi connectivity index (χ1v) is 4.80. The molecule has 1 N–H and O–H groups in total. The zero-order valence-electron chi connectivity index (χ0n) is 8.65. The predicted octanol–water partition coefficient (Wildman–Crippen LogP) is 1.57.